The molecule has 1 aliphatic carbocycles. The van der Waals surface area contributed by atoms with E-state index in [2.05, 4.69) is 191 Å². The van der Waals surface area contributed by atoms with Crippen LogP contribution in [-0.2, 0) is 35.1 Å². The molecular weight excluding hydrogens is 620 g/mol. The quantitative estimate of drug-likeness (QED) is 0.164. The summed E-state index contributed by atoms with van der Waals surface area (Å²) >= 11 is 1.46. The summed E-state index contributed by atoms with van der Waals surface area (Å²) < 4.78 is 1.42. The van der Waals surface area contributed by atoms with Gasteiger partial charge in [0.15, 0.2) is 0 Å². The second kappa shape index (κ2) is 14.2. The van der Waals surface area contributed by atoms with E-state index in [-0.39, 0.29) is 10.8 Å². The summed E-state index contributed by atoms with van der Waals surface area (Å²) in [6.07, 6.45) is 7.65. The van der Waals surface area contributed by atoms with Crippen molar-refractivity contribution in [1.29, 1.82) is 0 Å². The van der Waals surface area contributed by atoms with Gasteiger partial charge in [0.05, 0.1) is 0 Å². The second-order valence-corrected chi connectivity index (χ2v) is 16.6. The Bertz CT molecular complexity index is 1680. The van der Waals surface area contributed by atoms with Crippen LogP contribution in [0.4, 0.5) is 0 Å². The third-order valence-electron chi connectivity index (χ3n) is 8.36. The first-order valence-electron chi connectivity index (χ1n) is 16.2. The summed E-state index contributed by atoms with van der Waals surface area (Å²) in [6.45, 7) is 22.5. The molecule has 0 radical (unpaired) electrons. The van der Waals surface area contributed by atoms with E-state index < -0.39 is 0 Å². The monoisotopic (exact) mass is 668 g/mol. The summed E-state index contributed by atoms with van der Waals surface area (Å²) in [5.41, 5.74) is 7.59. The standard InChI is InChI=1S/C21H25.C13H10.C10H15.Zr/c1-20(2,3)16-7-9-18-14(12-16)11-15-13-17(21(4,5)6)8-10-19(15)18;1-3-7-12(8-4-1)11-13-9-5-2-6-10-13;1-8-5-6-9(7-8)10(2,3)4;/h7-13H,1-6H3;1-10H;6-8H,1-4H3;/q-1;;-1;+2. The van der Waals surface area contributed by atoms with Crippen molar-refractivity contribution in [2.24, 2.45) is 11.3 Å². The molecule has 6 rings (SSSR count). The van der Waals surface area contributed by atoms with E-state index >= 15 is 0 Å². The van der Waals surface area contributed by atoms with Gasteiger partial charge >= 0.3 is 99.2 Å². The number of allylic oxidation sites excluding steroid dienone is 4. The molecule has 45 heavy (non-hydrogen) atoms. The Labute approximate surface area is 288 Å². The van der Waals surface area contributed by atoms with Crippen LogP contribution in [0.1, 0.15) is 91.5 Å². The number of hydrogen-bond donors (Lipinski definition) is 0. The molecule has 0 aliphatic heterocycles. The van der Waals surface area contributed by atoms with Crippen molar-refractivity contribution in [2.45, 2.75) is 80.1 Å². The maximum atomic E-state index is 3.26. The van der Waals surface area contributed by atoms with E-state index in [0.29, 0.717) is 11.3 Å². The Morgan fingerprint density at radius 3 is 1.33 bits per heavy atom. The molecule has 0 saturated carbocycles. The molecular formula is C44H50Zr. The van der Waals surface area contributed by atoms with E-state index in [1.54, 1.807) is 0 Å². The number of rotatable bonds is 2. The van der Waals surface area contributed by atoms with Gasteiger partial charge in [-0.25, -0.2) is 6.08 Å². The van der Waals surface area contributed by atoms with E-state index in [9.17, 15) is 0 Å². The fourth-order valence-corrected chi connectivity index (χ4v) is 6.20. The molecule has 0 heterocycles. The first-order valence-corrected chi connectivity index (χ1v) is 17.4. The molecule has 0 amide bonds. The minimum absolute atomic E-state index is 0.203. The zero-order valence-electron chi connectivity index (χ0n) is 29.0. The molecule has 0 N–H and O–H groups in total. The Morgan fingerprint density at radius 2 is 1.02 bits per heavy atom. The molecule has 0 bridgehead atoms. The van der Waals surface area contributed by atoms with Gasteiger partial charge in [-0.05, 0) is 10.8 Å². The third-order valence-corrected chi connectivity index (χ3v) is 9.78. The minimum atomic E-state index is 0.203. The molecule has 1 atom stereocenters. The zero-order chi connectivity index (χ0) is 33.0. The molecule has 0 aromatic heterocycles. The first-order chi connectivity index (χ1) is 21.0. The Morgan fingerprint density at radius 1 is 0.600 bits per heavy atom. The molecule has 230 valence electrons. The zero-order valence-corrected chi connectivity index (χ0v) is 31.5. The summed E-state index contributed by atoms with van der Waals surface area (Å²) in [5, 5.41) is 5.48. The fraction of sp³-hybridized carbons (Fsp3) is 0.318. The van der Waals surface area contributed by atoms with Gasteiger partial charge in [0, 0.05) is 0 Å². The molecule has 0 spiro atoms. The average molecular weight is 670 g/mol. The number of fused-ring (bicyclic) bond motifs is 3. The van der Waals surface area contributed by atoms with Gasteiger partial charge in [-0.2, -0.15) is 11.6 Å². The first kappa shape index (κ1) is 34.8. The summed E-state index contributed by atoms with van der Waals surface area (Å²) in [7, 11) is 0. The van der Waals surface area contributed by atoms with Crippen LogP contribution in [-0.4, -0.2) is 3.21 Å². The SMILES string of the molecule is CC(C)(C)c1ccc2c(c1)[cH-]c1cc(C(C)(C)C)ccc12.CC1[C-]=CC(C(C)(C)C)=C1.[Zr+2]=[C](c1ccccc1)c1ccccc1. The van der Waals surface area contributed by atoms with Gasteiger partial charge in [-0.3, -0.25) is 6.08 Å². The predicted octanol–water partition coefficient (Wildman–Crippen LogP) is 12.1. The summed E-state index contributed by atoms with van der Waals surface area (Å²) in [6, 6.07) is 37.3. The molecule has 0 fully saturated rings. The van der Waals surface area contributed by atoms with Crippen LogP contribution in [0.3, 0.4) is 0 Å². The van der Waals surface area contributed by atoms with Crippen LogP contribution in [0, 0.1) is 17.4 Å². The van der Waals surface area contributed by atoms with E-state index in [0.717, 1.165) is 0 Å². The van der Waals surface area contributed by atoms with Crippen molar-refractivity contribution in [3.63, 3.8) is 0 Å². The van der Waals surface area contributed by atoms with Gasteiger partial charge in [-0.15, -0.1) is 39.7 Å². The van der Waals surface area contributed by atoms with Gasteiger partial charge in [-0.1, -0.05) is 116 Å². The van der Waals surface area contributed by atoms with Gasteiger partial charge < -0.3 is 0 Å². The van der Waals surface area contributed by atoms with Crippen LogP contribution in [0.2, 0.25) is 0 Å². The van der Waals surface area contributed by atoms with Gasteiger partial charge in [0.2, 0.25) is 0 Å². The van der Waals surface area contributed by atoms with Gasteiger partial charge in [0.25, 0.3) is 0 Å². The molecule has 5 aromatic carbocycles. The van der Waals surface area contributed by atoms with Gasteiger partial charge in [0.1, 0.15) is 0 Å². The second-order valence-electron chi connectivity index (χ2n) is 15.3. The molecule has 5 aromatic rings. The van der Waals surface area contributed by atoms with Crippen LogP contribution < -0.4 is 0 Å². The number of hydrogen-bond acceptors (Lipinski definition) is 0. The average Bonchev–Trinajstić information content (AvgIpc) is 3.60. The molecule has 1 unspecified atom stereocenters. The van der Waals surface area contributed by atoms with Crippen molar-refractivity contribution >= 4 is 24.8 Å². The Hall–Kier alpha value is -3.02. The predicted molar refractivity (Wildman–Crippen MR) is 195 cm³/mol. The number of benzene rings is 4. The summed E-state index contributed by atoms with van der Waals surface area (Å²) in [4.78, 5) is 0. The van der Waals surface area contributed by atoms with E-state index in [4.69, 9.17) is 0 Å². The Balaban J connectivity index is 0.000000166. The van der Waals surface area contributed by atoms with Crippen LogP contribution in [0.5, 0.6) is 0 Å². The van der Waals surface area contributed by atoms with E-state index in [1.807, 2.05) is 0 Å². The molecule has 0 saturated heterocycles. The topological polar surface area (TPSA) is 0 Å². The maximum absolute atomic E-state index is 3.26. The van der Waals surface area contributed by atoms with Crippen molar-refractivity contribution in [3.8, 4) is 0 Å². The van der Waals surface area contributed by atoms with Crippen LogP contribution >= 0.6 is 0 Å². The molecule has 1 aliphatic rings. The van der Waals surface area contributed by atoms with Crippen molar-refractivity contribution < 1.29 is 24.2 Å². The fourth-order valence-electron chi connectivity index (χ4n) is 5.39. The van der Waals surface area contributed by atoms with E-state index in [1.165, 1.54) is 76.8 Å². The Kier molecular flexibility index (Phi) is 11.0. The summed E-state index contributed by atoms with van der Waals surface area (Å²) in [5.74, 6) is 0.522. The van der Waals surface area contributed by atoms with Crippen molar-refractivity contribution in [2.75, 3.05) is 0 Å². The molecule has 1 heteroatoms. The van der Waals surface area contributed by atoms with Crippen LogP contribution in [0.15, 0.2) is 121 Å². The molecule has 0 nitrogen and oxygen atoms in total. The normalized spacial score (nSPS) is 14.8. The van der Waals surface area contributed by atoms with Crippen LogP contribution in [0.25, 0.3) is 21.5 Å². The van der Waals surface area contributed by atoms with Crippen molar-refractivity contribution in [3.05, 3.63) is 149 Å². The third kappa shape index (κ3) is 9.27. The van der Waals surface area contributed by atoms with Crippen molar-refractivity contribution in [1.82, 2.24) is 0 Å².